The van der Waals surface area contributed by atoms with Gasteiger partial charge in [-0.1, -0.05) is 12.1 Å². The maximum Gasteiger partial charge on any atom is 0.218 e. The molecule has 0 spiro atoms. The number of nitrogens with zero attached hydrogens (tertiary/aromatic N) is 1. The molecule has 0 amide bonds. The molecule has 1 atom stereocenters. The van der Waals surface area contributed by atoms with Gasteiger partial charge in [0.1, 0.15) is 5.82 Å². The molecule has 0 aromatic heterocycles. The van der Waals surface area contributed by atoms with Gasteiger partial charge < -0.3 is 5.73 Å². The lowest BCUT2D eigenvalue weighted by atomic mass is 10.1. The first kappa shape index (κ1) is 13.5. The first-order chi connectivity index (χ1) is 8.47. The summed E-state index contributed by atoms with van der Waals surface area (Å²) in [4.78, 5) is 0. The number of hydrogen-bond donors (Lipinski definition) is 1. The van der Waals surface area contributed by atoms with E-state index < -0.39 is 10.0 Å². The van der Waals surface area contributed by atoms with E-state index in [9.17, 15) is 12.8 Å². The van der Waals surface area contributed by atoms with Gasteiger partial charge in [-0.2, -0.15) is 0 Å². The summed E-state index contributed by atoms with van der Waals surface area (Å²) >= 11 is 0. The summed E-state index contributed by atoms with van der Waals surface area (Å²) in [5.74, 6) is -0.462. The molecule has 1 heterocycles. The molecule has 0 aliphatic carbocycles. The fourth-order valence-corrected chi connectivity index (χ4v) is 3.73. The van der Waals surface area contributed by atoms with Crippen LogP contribution in [0.2, 0.25) is 0 Å². The maximum absolute atomic E-state index is 12.7. The van der Waals surface area contributed by atoms with Crippen LogP contribution >= 0.6 is 0 Å². The van der Waals surface area contributed by atoms with Crippen molar-refractivity contribution < 1.29 is 12.8 Å². The molecule has 2 N–H and O–H groups in total. The van der Waals surface area contributed by atoms with Gasteiger partial charge in [0.05, 0.1) is 5.75 Å². The van der Waals surface area contributed by atoms with Crippen molar-refractivity contribution in [3.8, 4) is 0 Å². The normalized spacial score (nSPS) is 22.0. The van der Waals surface area contributed by atoms with E-state index in [0.29, 0.717) is 18.7 Å². The van der Waals surface area contributed by atoms with Crippen LogP contribution in [0.3, 0.4) is 0 Å². The van der Waals surface area contributed by atoms with Crippen LogP contribution in [0.1, 0.15) is 18.4 Å². The molecule has 0 bridgehead atoms. The predicted octanol–water partition coefficient (Wildman–Crippen LogP) is 1.08. The highest BCUT2D eigenvalue weighted by atomic mass is 32.2. The fraction of sp³-hybridized carbons (Fsp3) is 0.500. The lowest BCUT2D eigenvalue weighted by molar-refractivity contribution is 0.316. The molecule has 0 radical (unpaired) electrons. The van der Waals surface area contributed by atoms with Gasteiger partial charge in [-0.05, 0) is 30.5 Å². The maximum atomic E-state index is 12.7. The summed E-state index contributed by atoms with van der Waals surface area (Å²) in [6, 6.07) is 5.45. The highest BCUT2D eigenvalue weighted by Gasteiger charge is 2.27. The predicted molar refractivity (Wildman–Crippen MR) is 67.8 cm³/mol. The lowest BCUT2D eigenvalue weighted by Crippen LogP contribution is -2.46. The van der Waals surface area contributed by atoms with Gasteiger partial charge in [0.2, 0.25) is 10.0 Å². The van der Waals surface area contributed by atoms with Crippen LogP contribution in [0, 0.1) is 5.82 Å². The Balaban J connectivity index is 2.09. The van der Waals surface area contributed by atoms with Gasteiger partial charge >= 0.3 is 0 Å². The largest absolute Gasteiger partial charge is 0.327 e. The first-order valence-electron chi connectivity index (χ1n) is 5.95. The smallest absolute Gasteiger partial charge is 0.218 e. The molecule has 18 heavy (non-hydrogen) atoms. The fourth-order valence-electron chi connectivity index (χ4n) is 2.11. The quantitative estimate of drug-likeness (QED) is 0.895. The van der Waals surface area contributed by atoms with Crippen LogP contribution in [0.15, 0.2) is 24.3 Å². The average Bonchev–Trinajstić information content (AvgIpc) is 2.32. The van der Waals surface area contributed by atoms with Crippen LogP contribution in [0.4, 0.5) is 4.39 Å². The minimum Gasteiger partial charge on any atom is -0.327 e. The summed E-state index contributed by atoms with van der Waals surface area (Å²) in [7, 11) is -3.35. The number of sulfonamides is 1. The van der Waals surface area contributed by atoms with Gasteiger partial charge in [0.25, 0.3) is 0 Å². The van der Waals surface area contributed by atoms with Crippen LogP contribution in [0.5, 0.6) is 0 Å². The summed E-state index contributed by atoms with van der Waals surface area (Å²) in [5, 5.41) is 0. The molecule has 1 saturated heterocycles. The number of benzene rings is 1. The number of nitrogens with two attached hydrogens (primary N) is 1. The van der Waals surface area contributed by atoms with Gasteiger partial charge in [0, 0.05) is 19.1 Å². The van der Waals surface area contributed by atoms with E-state index in [2.05, 4.69) is 0 Å². The van der Waals surface area contributed by atoms with Crippen molar-refractivity contribution in [3.63, 3.8) is 0 Å². The van der Waals surface area contributed by atoms with Crippen molar-refractivity contribution in [3.05, 3.63) is 35.6 Å². The SMILES string of the molecule is N[C@@H]1CCCN(S(=O)(=O)Cc2ccc(F)cc2)C1. The van der Waals surface area contributed by atoms with Crippen molar-refractivity contribution in [1.82, 2.24) is 4.31 Å². The highest BCUT2D eigenvalue weighted by Crippen LogP contribution is 2.17. The molecule has 0 saturated carbocycles. The average molecular weight is 272 g/mol. The molecule has 2 rings (SSSR count). The van der Waals surface area contributed by atoms with Crippen molar-refractivity contribution in [2.75, 3.05) is 13.1 Å². The molecule has 1 aromatic rings. The van der Waals surface area contributed by atoms with Crippen molar-refractivity contribution in [2.45, 2.75) is 24.6 Å². The van der Waals surface area contributed by atoms with Crippen LogP contribution in [0.25, 0.3) is 0 Å². The Hall–Kier alpha value is -0.980. The Morgan fingerprint density at radius 3 is 2.61 bits per heavy atom. The van der Waals surface area contributed by atoms with Gasteiger partial charge in [-0.25, -0.2) is 17.1 Å². The number of hydrogen-bond acceptors (Lipinski definition) is 3. The van der Waals surface area contributed by atoms with E-state index in [0.717, 1.165) is 12.8 Å². The van der Waals surface area contributed by atoms with E-state index >= 15 is 0 Å². The summed E-state index contributed by atoms with van der Waals surface area (Å²) in [5.41, 5.74) is 6.37. The second kappa shape index (κ2) is 5.34. The molecule has 6 heteroatoms. The monoisotopic (exact) mass is 272 g/mol. The molecular weight excluding hydrogens is 255 g/mol. The zero-order chi connectivity index (χ0) is 13.2. The Labute approximate surface area is 107 Å². The zero-order valence-corrected chi connectivity index (χ0v) is 10.9. The molecular formula is C12H17FN2O2S. The Morgan fingerprint density at radius 1 is 1.33 bits per heavy atom. The highest BCUT2D eigenvalue weighted by molar-refractivity contribution is 7.88. The minimum absolute atomic E-state index is 0.0817. The molecule has 1 aromatic carbocycles. The standard InChI is InChI=1S/C12H17FN2O2S/c13-11-5-3-10(4-6-11)9-18(16,17)15-7-1-2-12(14)8-15/h3-6,12H,1-2,7-9,14H2/t12-/m1/s1. The number of rotatable bonds is 3. The zero-order valence-electron chi connectivity index (χ0n) is 10.0. The van der Waals surface area contributed by atoms with E-state index in [-0.39, 0.29) is 17.6 Å². The summed E-state index contributed by atoms with van der Waals surface area (Å²) < 4.78 is 38.5. The first-order valence-corrected chi connectivity index (χ1v) is 7.56. The summed E-state index contributed by atoms with van der Waals surface area (Å²) in [6.45, 7) is 0.904. The third-order valence-electron chi connectivity index (χ3n) is 3.08. The second-order valence-corrected chi connectivity index (χ2v) is 6.61. The Morgan fingerprint density at radius 2 is 2.00 bits per heavy atom. The molecule has 4 nitrogen and oxygen atoms in total. The van der Waals surface area contributed by atoms with Crippen LogP contribution in [-0.2, 0) is 15.8 Å². The number of halogens is 1. The van der Waals surface area contributed by atoms with Crippen LogP contribution in [-0.4, -0.2) is 31.9 Å². The van der Waals surface area contributed by atoms with Gasteiger partial charge in [0.15, 0.2) is 0 Å². The molecule has 1 aliphatic rings. The van der Waals surface area contributed by atoms with Crippen molar-refractivity contribution >= 4 is 10.0 Å². The van der Waals surface area contributed by atoms with Gasteiger partial charge in [-0.3, -0.25) is 0 Å². The lowest BCUT2D eigenvalue weighted by Gasteiger charge is -2.29. The Kier molecular flexibility index (Phi) is 3.99. The Bertz CT molecular complexity index is 501. The third-order valence-corrected chi connectivity index (χ3v) is 4.89. The minimum atomic E-state index is -3.35. The molecule has 1 fully saturated rings. The third kappa shape index (κ3) is 3.28. The van der Waals surface area contributed by atoms with Crippen LogP contribution < -0.4 is 5.73 Å². The molecule has 0 unspecified atom stereocenters. The van der Waals surface area contributed by atoms with Gasteiger partial charge in [-0.15, -0.1) is 0 Å². The van der Waals surface area contributed by atoms with Crippen molar-refractivity contribution in [2.24, 2.45) is 5.73 Å². The van der Waals surface area contributed by atoms with E-state index in [1.54, 1.807) is 0 Å². The summed E-state index contributed by atoms with van der Waals surface area (Å²) in [6.07, 6.45) is 1.66. The molecule has 1 aliphatic heterocycles. The van der Waals surface area contributed by atoms with E-state index in [4.69, 9.17) is 5.73 Å². The molecule has 100 valence electrons. The van der Waals surface area contributed by atoms with E-state index in [1.807, 2.05) is 0 Å². The second-order valence-electron chi connectivity index (χ2n) is 4.64. The van der Waals surface area contributed by atoms with E-state index in [1.165, 1.54) is 28.6 Å². The number of piperidine rings is 1. The van der Waals surface area contributed by atoms with Crippen molar-refractivity contribution in [1.29, 1.82) is 0 Å². The topological polar surface area (TPSA) is 63.4 Å².